The fraction of sp³-hybridized carbons (Fsp3) is 0.167. The summed E-state index contributed by atoms with van der Waals surface area (Å²) in [6.45, 7) is 0. The number of guanidine groups is 1. The van der Waals surface area contributed by atoms with Crippen molar-refractivity contribution in [3.05, 3.63) is 41.0 Å². The topological polar surface area (TPSA) is 81.5 Å². The standard InChI is InChI=1S/C12H13N3O/c13-12(14)15-11(16)10-7-3-5-8-4-1-2-6-9(8)10/h1,3-5,7H,2,6H2,(H4,13,14,15,16). The highest BCUT2D eigenvalue weighted by Gasteiger charge is 2.14. The lowest BCUT2D eigenvalue weighted by atomic mass is 9.92. The zero-order valence-electron chi connectivity index (χ0n) is 8.81. The number of carbonyl (C=O) groups excluding carboxylic acids is 1. The smallest absolute Gasteiger partial charge is 0.280 e. The number of aliphatic imine (C=N–C) groups is 1. The van der Waals surface area contributed by atoms with Gasteiger partial charge in [-0.2, -0.15) is 4.99 Å². The third kappa shape index (κ3) is 1.95. The van der Waals surface area contributed by atoms with Gasteiger partial charge in [0.15, 0.2) is 5.96 Å². The molecule has 0 aliphatic heterocycles. The van der Waals surface area contributed by atoms with Gasteiger partial charge < -0.3 is 11.5 Å². The third-order valence-electron chi connectivity index (χ3n) is 2.53. The van der Waals surface area contributed by atoms with E-state index in [0.29, 0.717) is 5.56 Å². The number of nitrogens with zero attached hydrogens (tertiary/aromatic N) is 1. The number of hydrogen-bond acceptors (Lipinski definition) is 1. The molecule has 82 valence electrons. The first-order valence-electron chi connectivity index (χ1n) is 5.11. The highest BCUT2D eigenvalue weighted by Crippen LogP contribution is 2.23. The lowest BCUT2D eigenvalue weighted by Crippen LogP contribution is -2.24. The lowest BCUT2D eigenvalue weighted by Gasteiger charge is -2.13. The molecule has 16 heavy (non-hydrogen) atoms. The van der Waals surface area contributed by atoms with Crippen LogP contribution in [0, 0.1) is 0 Å². The maximum Gasteiger partial charge on any atom is 0.280 e. The second-order valence-corrected chi connectivity index (χ2v) is 3.66. The number of nitrogens with two attached hydrogens (primary N) is 2. The number of allylic oxidation sites excluding steroid dienone is 1. The number of benzene rings is 1. The van der Waals surface area contributed by atoms with Gasteiger partial charge in [-0.1, -0.05) is 24.3 Å². The highest BCUT2D eigenvalue weighted by molar-refractivity contribution is 6.03. The Balaban J connectivity index is 2.46. The Labute approximate surface area is 93.7 Å². The predicted molar refractivity (Wildman–Crippen MR) is 63.9 cm³/mol. The molecule has 4 nitrogen and oxygen atoms in total. The summed E-state index contributed by atoms with van der Waals surface area (Å²) in [7, 11) is 0. The Morgan fingerprint density at radius 2 is 2.12 bits per heavy atom. The van der Waals surface area contributed by atoms with Crippen molar-refractivity contribution in [1.82, 2.24) is 0 Å². The van der Waals surface area contributed by atoms with Crippen LogP contribution in [-0.2, 0) is 6.42 Å². The van der Waals surface area contributed by atoms with Crippen LogP contribution in [0.1, 0.15) is 27.9 Å². The first-order chi connectivity index (χ1) is 7.68. The summed E-state index contributed by atoms with van der Waals surface area (Å²) in [6.07, 6.45) is 5.91. The van der Waals surface area contributed by atoms with Crippen molar-refractivity contribution >= 4 is 17.9 Å². The molecule has 1 aliphatic rings. The largest absolute Gasteiger partial charge is 0.370 e. The van der Waals surface area contributed by atoms with E-state index >= 15 is 0 Å². The van der Waals surface area contributed by atoms with Crippen LogP contribution in [-0.4, -0.2) is 11.9 Å². The molecule has 0 bridgehead atoms. The minimum absolute atomic E-state index is 0.200. The van der Waals surface area contributed by atoms with E-state index in [0.717, 1.165) is 24.0 Å². The van der Waals surface area contributed by atoms with Crippen molar-refractivity contribution < 1.29 is 4.79 Å². The van der Waals surface area contributed by atoms with Crippen molar-refractivity contribution in [3.8, 4) is 0 Å². The van der Waals surface area contributed by atoms with Crippen LogP contribution in [0.4, 0.5) is 0 Å². The van der Waals surface area contributed by atoms with E-state index in [4.69, 9.17) is 11.5 Å². The van der Waals surface area contributed by atoms with E-state index in [9.17, 15) is 4.79 Å². The summed E-state index contributed by atoms with van der Waals surface area (Å²) in [5.41, 5.74) is 13.1. The average Bonchev–Trinajstić information content (AvgIpc) is 2.27. The van der Waals surface area contributed by atoms with Crippen LogP contribution in [0.25, 0.3) is 6.08 Å². The van der Waals surface area contributed by atoms with Crippen molar-refractivity contribution in [3.63, 3.8) is 0 Å². The monoisotopic (exact) mass is 215 g/mol. The van der Waals surface area contributed by atoms with E-state index in [1.807, 2.05) is 18.2 Å². The maximum atomic E-state index is 11.8. The van der Waals surface area contributed by atoms with Crippen molar-refractivity contribution in [2.45, 2.75) is 12.8 Å². The van der Waals surface area contributed by atoms with E-state index in [1.165, 1.54) is 0 Å². The van der Waals surface area contributed by atoms with E-state index < -0.39 is 0 Å². The third-order valence-corrected chi connectivity index (χ3v) is 2.53. The minimum Gasteiger partial charge on any atom is -0.370 e. The Bertz CT molecular complexity index is 485. The van der Waals surface area contributed by atoms with Gasteiger partial charge in [0.1, 0.15) is 0 Å². The Kier molecular flexibility index (Phi) is 2.72. The molecule has 0 saturated carbocycles. The first kappa shape index (κ1) is 10.4. The van der Waals surface area contributed by atoms with Gasteiger partial charge in [-0.05, 0) is 30.0 Å². The molecule has 0 spiro atoms. The number of amides is 1. The lowest BCUT2D eigenvalue weighted by molar-refractivity contribution is 0.100. The fourth-order valence-electron chi connectivity index (χ4n) is 1.86. The molecule has 0 aromatic heterocycles. The van der Waals surface area contributed by atoms with Crippen molar-refractivity contribution in [1.29, 1.82) is 0 Å². The zero-order chi connectivity index (χ0) is 11.5. The summed E-state index contributed by atoms with van der Waals surface area (Å²) < 4.78 is 0. The number of fused-ring (bicyclic) bond motifs is 1. The number of carbonyl (C=O) groups is 1. The molecule has 0 atom stereocenters. The summed E-state index contributed by atoms with van der Waals surface area (Å²) in [5.74, 6) is -0.568. The van der Waals surface area contributed by atoms with Crippen LogP contribution in [0.15, 0.2) is 29.3 Å². The average molecular weight is 215 g/mol. The van der Waals surface area contributed by atoms with Gasteiger partial charge in [-0.25, -0.2) is 0 Å². The van der Waals surface area contributed by atoms with Gasteiger partial charge in [-0.15, -0.1) is 0 Å². The molecule has 1 aliphatic carbocycles. The summed E-state index contributed by atoms with van der Waals surface area (Å²) in [4.78, 5) is 15.3. The van der Waals surface area contributed by atoms with E-state index in [1.54, 1.807) is 6.07 Å². The van der Waals surface area contributed by atoms with Gasteiger partial charge in [0.05, 0.1) is 0 Å². The van der Waals surface area contributed by atoms with Gasteiger partial charge in [-0.3, -0.25) is 4.79 Å². The molecule has 4 heteroatoms. The Morgan fingerprint density at radius 3 is 2.88 bits per heavy atom. The Morgan fingerprint density at radius 1 is 1.31 bits per heavy atom. The second-order valence-electron chi connectivity index (χ2n) is 3.66. The van der Waals surface area contributed by atoms with Crippen molar-refractivity contribution in [2.24, 2.45) is 16.5 Å². The first-order valence-corrected chi connectivity index (χ1v) is 5.11. The quantitative estimate of drug-likeness (QED) is 0.543. The molecule has 0 fully saturated rings. The molecule has 0 unspecified atom stereocenters. The molecule has 2 rings (SSSR count). The molecule has 1 aromatic carbocycles. The summed E-state index contributed by atoms with van der Waals surface area (Å²) in [5, 5.41) is 0. The fourth-order valence-corrected chi connectivity index (χ4v) is 1.86. The van der Waals surface area contributed by atoms with Crippen LogP contribution in [0.5, 0.6) is 0 Å². The predicted octanol–water partition coefficient (Wildman–Crippen LogP) is 1.06. The molecular weight excluding hydrogens is 202 g/mol. The molecule has 1 amide bonds. The molecular formula is C12H13N3O. The molecule has 0 radical (unpaired) electrons. The van der Waals surface area contributed by atoms with Gasteiger partial charge >= 0.3 is 0 Å². The Hall–Kier alpha value is -2.10. The maximum absolute atomic E-state index is 11.8. The van der Waals surface area contributed by atoms with E-state index in [2.05, 4.69) is 11.1 Å². The minimum atomic E-state index is -0.368. The second kappa shape index (κ2) is 4.18. The molecule has 4 N–H and O–H groups in total. The zero-order valence-corrected chi connectivity index (χ0v) is 8.81. The van der Waals surface area contributed by atoms with E-state index in [-0.39, 0.29) is 11.9 Å². The van der Waals surface area contributed by atoms with Gasteiger partial charge in [0.25, 0.3) is 5.91 Å². The highest BCUT2D eigenvalue weighted by atomic mass is 16.1. The van der Waals surface area contributed by atoms with Gasteiger partial charge in [0.2, 0.25) is 0 Å². The van der Waals surface area contributed by atoms with Crippen LogP contribution >= 0.6 is 0 Å². The SMILES string of the molecule is NC(N)=NC(=O)c1cccc2c1CCC=C2. The van der Waals surface area contributed by atoms with Crippen LogP contribution in [0.2, 0.25) is 0 Å². The summed E-state index contributed by atoms with van der Waals surface area (Å²) >= 11 is 0. The summed E-state index contributed by atoms with van der Waals surface area (Å²) in [6, 6.07) is 5.58. The van der Waals surface area contributed by atoms with Crippen molar-refractivity contribution in [2.75, 3.05) is 0 Å². The number of rotatable bonds is 1. The normalized spacial score (nSPS) is 13.0. The molecule has 0 saturated heterocycles. The molecule has 0 heterocycles. The van der Waals surface area contributed by atoms with Crippen LogP contribution in [0.3, 0.4) is 0 Å². The van der Waals surface area contributed by atoms with Crippen LogP contribution < -0.4 is 11.5 Å². The molecule has 1 aromatic rings. The number of hydrogen-bond donors (Lipinski definition) is 2. The van der Waals surface area contributed by atoms with Gasteiger partial charge in [0, 0.05) is 5.56 Å².